The van der Waals surface area contributed by atoms with E-state index >= 15 is 0 Å². The maximum absolute atomic E-state index is 12.9. The molecule has 3 saturated carbocycles. The van der Waals surface area contributed by atoms with Crippen molar-refractivity contribution in [2.75, 3.05) is 0 Å². The third kappa shape index (κ3) is 3.54. The molecule has 0 heterocycles. The van der Waals surface area contributed by atoms with Crippen LogP contribution in [0.25, 0.3) is 0 Å². The van der Waals surface area contributed by atoms with E-state index in [1.165, 1.54) is 5.57 Å². The SMILES string of the molecule is CC(CC(O)C(C)(C)C(=O)O)C1CCC2(C)C1=CC(O)C1C3(C)CCC(=O)C(C)(C)C3CCC12C. The van der Waals surface area contributed by atoms with E-state index in [1.54, 1.807) is 13.8 Å². The van der Waals surface area contributed by atoms with E-state index in [0.717, 1.165) is 32.1 Å². The van der Waals surface area contributed by atoms with Crippen molar-refractivity contribution in [1.82, 2.24) is 0 Å². The van der Waals surface area contributed by atoms with E-state index in [9.17, 15) is 24.9 Å². The fourth-order valence-corrected chi connectivity index (χ4v) is 9.58. The van der Waals surface area contributed by atoms with Gasteiger partial charge in [0.15, 0.2) is 0 Å². The fraction of sp³-hybridized carbons (Fsp3) is 0.867. The zero-order valence-corrected chi connectivity index (χ0v) is 23.1. The lowest BCUT2D eigenvalue weighted by atomic mass is 9.36. The Kier molecular flexibility index (Phi) is 6.25. The largest absolute Gasteiger partial charge is 0.481 e. The van der Waals surface area contributed by atoms with Gasteiger partial charge in [-0.15, -0.1) is 0 Å². The summed E-state index contributed by atoms with van der Waals surface area (Å²) in [6, 6.07) is 0. The minimum atomic E-state index is -1.19. The number of carboxylic acid groups (broad SMARTS) is 1. The molecule has 0 amide bonds. The zero-order valence-electron chi connectivity index (χ0n) is 23.1. The second-order valence-corrected chi connectivity index (χ2v) is 14.5. The highest BCUT2D eigenvalue weighted by Crippen LogP contribution is 2.74. The third-order valence-corrected chi connectivity index (χ3v) is 12.2. The van der Waals surface area contributed by atoms with Crippen molar-refractivity contribution in [3.8, 4) is 0 Å². The van der Waals surface area contributed by atoms with Crippen molar-refractivity contribution in [2.45, 2.75) is 113 Å². The Balaban J connectivity index is 1.68. The number of hydrogen-bond donors (Lipinski definition) is 3. The minimum Gasteiger partial charge on any atom is -0.481 e. The Bertz CT molecular complexity index is 933. The second kappa shape index (κ2) is 8.15. The van der Waals surface area contributed by atoms with Crippen LogP contribution in [-0.2, 0) is 9.59 Å². The summed E-state index contributed by atoms with van der Waals surface area (Å²) in [5.74, 6) is 0.153. The lowest BCUT2D eigenvalue weighted by molar-refractivity contribution is -0.195. The number of aliphatic hydroxyl groups is 2. The average molecular weight is 489 g/mol. The van der Waals surface area contributed by atoms with Gasteiger partial charge in [0.25, 0.3) is 0 Å². The second-order valence-electron chi connectivity index (χ2n) is 14.5. The minimum absolute atomic E-state index is 0.0390. The molecule has 0 aromatic carbocycles. The van der Waals surface area contributed by atoms with E-state index in [1.807, 2.05) is 0 Å². The van der Waals surface area contributed by atoms with Gasteiger partial charge in [-0.1, -0.05) is 53.2 Å². The number of hydrogen-bond acceptors (Lipinski definition) is 4. The highest BCUT2D eigenvalue weighted by molar-refractivity contribution is 5.85. The van der Waals surface area contributed by atoms with Gasteiger partial charge in [-0.25, -0.2) is 0 Å². The molecule has 35 heavy (non-hydrogen) atoms. The first-order valence-corrected chi connectivity index (χ1v) is 13.8. The molecular formula is C30H48O5. The van der Waals surface area contributed by atoms with Crippen molar-refractivity contribution in [2.24, 2.45) is 50.7 Å². The summed E-state index contributed by atoms with van der Waals surface area (Å²) in [4.78, 5) is 24.5. The molecule has 0 spiro atoms. The maximum Gasteiger partial charge on any atom is 0.311 e. The van der Waals surface area contributed by atoms with Gasteiger partial charge < -0.3 is 15.3 Å². The van der Waals surface area contributed by atoms with E-state index in [2.05, 4.69) is 47.6 Å². The van der Waals surface area contributed by atoms with Gasteiger partial charge in [0.1, 0.15) is 5.78 Å². The lowest BCUT2D eigenvalue weighted by Gasteiger charge is -2.68. The monoisotopic (exact) mass is 488 g/mol. The number of rotatable bonds is 5. The van der Waals surface area contributed by atoms with Gasteiger partial charge in [-0.05, 0) is 86.4 Å². The summed E-state index contributed by atoms with van der Waals surface area (Å²) in [5, 5.41) is 32.1. The van der Waals surface area contributed by atoms with Gasteiger partial charge in [-0.2, -0.15) is 0 Å². The van der Waals surface area contributed by atoms with Crippen LogP contribution in [0.4, 0.5) is 0 Å². The summed E-state index contributed by atoms with van der Waals surface area (Å²) in [6.07, 6.45) is 6.65. The summed E-state index contributed by atoms with van der Waals surface area (Å²) < 4.78 is 0. The molecule has 0 aromatic rings. The molecule has 3 fully saturated rings. The van der Waals surface area contributed by atoms with Crippen LogP contribution in [0.15, 0.2) is 11.6 Å². The van der Waals surface area contributed by atoms with Crippen molar-refractivity contribution in [1.29, 1.82) is 0 Å². The van der Waals surface area contributed by atoms with Crippen LogP contribution in [0, 0.1) is 50.7 Å². The number of carboxylic acids is 1. The van der Waals surface area contributed by atoms with Gasteiger partial charge in [0.2, 0.25) is 0 Å². The number of carbonyl (C=O) groups is 2. The standard InChI is InChI=1S/C30H48O5/c1-17(15-23(33)27(4,5)25(34)35)18-9-13-29(7)19(18)16-20(31)24-28(6)12-11-22(32)26(2,3)21(28)10-14-30(24,29)8/h16-18,20-21,23-24,31,33H,9-15H2,1-8H3,(H,34,35). The van der Waals surface area contributed by atoms with Crippen LogP contribution in [0.5, 0.6) is 0 Å². The Hall–Kier alpha value is -1.20. The highest BCUT2D eigenvalue weighted by Gasteiger charge is 2.69. The van der Waals surface area contributed by atoms with Crippen LogP contribution < -0.4 is 0 Å². The summed E-state index contributed by atoms with van der Waals surface area (Å²) in [6.45, 7) is 16.7. The van der Waals surface area contributed by atoms with Crippen LogP contribution in [-0.4, -0.2) is 39.3 Å². The van der Waals surface area contributed by atoms with Crippen LogP contribution >= 0.6 is 0 Å². The first-order chi connectivity index (χ1) is 15.9. The normalized spacial score (nSPS) is 44.5. The third-order valence-electron chi connectivity index (χ3n) is 12.2. The fourth-order valence-electron chi connectivity index (χ4n) is 9.58. The Labute approximate surface area is 211 Å². The maximum atomic E-state index is 12.9. The Morgan fingerprint density at radius 2 is 1.74 bits per heavy atom. The number of fused-ring (bicyclic) bond motifs is 5. The molecule has 4 aliphatic carbocycles. The molecule has 198 valence electrons. The smallest absolute Gasteiger partial charge is 0.311 e. The molecule has 0 bridgehead atoms. The number of allylic oxidation sites excluding steroid dienone is 1. The average Bonchev–Trinajstić information content (AvgIpc) is 3.08. The first-order valence-electron chi connectivity index (χ1n) is 13.8. The topological polar surface area (TPSA) is 94.8 Å². The van der Waals surface area contributed by atoms with Crippen LogP contribution in [0.1, 0.15) is 100 Å². The quantitative estimate of drug-likeness (QED) is 0.436. The van der Waals surface area contributed by atoms with Gasteiger partial charge in [0, 0.05) is 17.8 Å². The molecule has 9 unspecified atom stereocenters. The Morgan fingerprint density at radius 1 is 1.11 bits per heavy atom. The number of ketones is 1. The molecular weight excluding hydrogens is 440 g/mol. The Morgan fingerprint density at radius 3 is 2.34 bits per heavy atom. The van der Waals surface area contributed by atoms with Crippen molar-refractivity contribution in [3.05, 3.63) is 11.6 Å². The van der Waals surface area contributed by atoms with Gasteiger partial charge >= 0.3 is 5.97 Å². The number of Topliss-reactive ketones (excluding diaryl/α,β-unsaturated/α-hetero) is 1. The summed E-state index contributed by atoms with van der Waals surface area (Å²) in [5.41, 5.74) is -0.399. The molecule has 0 aromatic heterocycles. The molecule has 4 rings (SSSR count). The zero-order chi connectivity index (χ0) is 26.4. The molecule has 5 heteroatoms. The summed E-state index contributed by atoms with van der Waals surface area (Å²) in [7, 11) is 0. The molecule has 0 aliphatic heterocycles. The number of aliphatic carboxylic acids is 1. The van der Waals surface area contributed by atoms with E-state index < -0.39 is 23.6 Å². The molecule has 4 aliphatic rings. The molecule has 3 N–H and O–H groups in total. The predicted molar refractivity (Wildman–Crippen MR) is 137 cm³/mol. The lowest BCUT2D eigenvalue weighted by Crippen LogP contribution is -2.64. The highest BCUT2D eigenvalue weighted by atomic mass is 16.4. The first kappa shape index (κ1) is 26.9. The van der Waals surface area contributed by atoms with Crippen LogP contribution in [0.3, 0.4) is 0 Å². The van der Waals surface area contributed by atoms with Crippen molar-refractivity contribution < 1.29 is 24.9 Å². The van der Waals surface area contributed by atoms with Crippen molar-refractivity contribution in [3.63, 3.8) is 0 Å². The van der Waals surface area contributed by atoms with E-state index in [4.69, 9.17) is 0 Å². The van der Waals surface area contributed by atoms with Gasteiger partial charge in [0.05, 0.1) is 17.6 Å². The van der Waals surface area contributed by atoms with Gasteiger partial charge in [-0.3, -0.25) is 9.59 Å². The van der Waals surface area contributed by atoms with E-state index in [-0.39, 0.29) is 45.3 Å². The molecule has 9 atom stereocenters. The number of aliphatic hydroxyl groups excluding tert-OH is 2. The van der Waals surface area contributed by atoms with Crippen LogP contribution in [0.2, 0.25) is 0 Å². The molecule has 0 saturated heterocycles. The summed E-state index contributed by atoms with van der Waals surface area (Å²) >= 11 is 0. The predicted octanol–water partition coefficient (Wildman–Crippen LogP) is 5.63. The number of carbonyl (C=O) groups excluding carboxylic acids is 1. The molecule has 0 radical (unpaired) electrons. The molecule has 5 nitrogen and oxygen atoms in total. The van der Waals surface area contributed by atoms with E-state index in [0.29, 0.717) is 18.6 Å². The van der Waals surface area contributed by atoms with Crippen molar-refractivity contribution >= 4 is 11.8 Å².